The van der Waals surface area contributed by atoms with E-state index in [1.165, 1.54) is 0 Å². The molecule has 19 heavy (non-hydrogen) atoms. The number of sulfone groups is 1. The van der Waals surface area contributed by atoms with Crippen molar-refractivity contribution >= 4 is 21.5 Å². The molecule has 0 saturated carbocycles. The van der Waals surface area contributed by atoms with Crippen LogP contribution in [0.4, 0.5) is 5.69 Å². The molecule has 0 aliphatic carbocycles. The van der Waals surface area contributed by atoms with Crippen LogP contribution in [-0.4, -0.2) is 44.1 Å². The van der Waals surface area contributed by atoms with E-state index in [1.807, 2.05) is 30.0 Å². The van der Waals surface area contributed by atoms with Gasteiger partial charge in [0.05, 0.1) is 17.9 Å². The molecule has 5 nitrogen and oxygen atoms in total. The van der Waals surface area contributed by atoms with Crippen LogP contribution in [-0.2, 0) is 21.1 Å². The van der Waals surface area contributed by atoms with E-state index in [1.54, 1.807) is 0 Å². The first-order chi connectivity index (χ1) is 8.87. The second kappa shape index (κ2) is 5.21. The highest BCUT2D eigenvalue weighted by atomic mass is 32.2. The van der Waals surface area contributed by atoms with Crippen molar-refractivity contribution < 1.29 is 18.3 Å². The largest absolute Gasteiger partial charge is 0.481 e. The molecule has 1 heterocycles. The van der Waals surface area contributed by atoms with Crippen LogP contribution in [0.1, 0.15) is 11.1 Å². The highest BCUT2D eigenvalue weighted by Gasteiger charge is 2.22. The molecule has 1 aliphatic rings. The summed E-state index contributed by atoms with van der Waals surface area (Å²) in [4.78, 5) is 12.8. The number of benzene rings is 1. The summed E-state index contributed by atoms with van der Waals surface area (Å²) in [6.07, 6.45) is -0.00812. The summed E-state index contributed by atoms with van der Waals surface area (Å²) in [6.45, 7) is 2.82. The second-order valence-corrected chi connectivity index (χ2v) is 7.12. The Bertz CT molecular complexity index is 581. The van der Waals surface area contributed by atoms with E-state index in [2.05, 4.69) is 0 Å². The number of hydrogen-bond acceptors (Lipinski definition) is 4. The van der Waals surface area contributed by atoms with Crippen molar-refractivity contribution in [3.63, 3.8) is 0 Å². The Kier molecular flexibility index (Phi) is 3.80. The van der Waals surface area contributed by atoms with E-state index in [0.29, 0.717) is 13.1 Å². The normalized spacial score (nSPS) is 18.3. The third kappa shape index (κ3) is 3.47. The van der Waals surface area contributed by atoms with Crippen LogP contribution in [0.3, 0.4) is 0 Å². The van der Waals surface area contributed by atoms with Gasteiger partial charge in [0.2, 0.25) is 0 Å². The first-order valence-corrected chi connectivity index (χ1v) is 7.96. The molecule has 104 valence electrons. The Labute approximate surface area is 112 Å². The summed E-state index contributed by atoms with van der Waals surface area (Å²) in [5.74, 6) is -0.536. The van der Waals surface area contributed by atoms with E-state index in [-0.39, 0.29) is 17.9 Å². The lowest BCUT2D eigenvalue weighted by Gasteiger charge is -2.29. The third-order valence-electron chi connectivity index (χ3n) is 3.38. The minimum atomic E-state index is -2.90. The molecule has 1 fully saturated rings. The highest BCUT2D eigenvalue weighted by molar-refractivity contribution is 7.91. The van der Waals surface area contributed by atoms with Crippen molar-refractivity contribution in [1.29, 1.82) is 0 Å². The molecule has 0 bridgehead atoms. The fraction of sp³-hybridized carbons (Fsp3) is 0.462. The van der Waals surface area contributed by atoms with Gasteiger partial charge in [0.25, 0.3) is 0 Å². The summed E-state index contributed by atoms with van der Waals surface area (Å²) in [7, 11) is -2.90. The Hall–Kier alpha value is -1.56. The molecular formula is C13H17NO4S. The zero-order chi connectivity index (χ0) is 14.0. The number of aliphatic carboxylic acids is 1. The maximum Gasteiger partial charge on any atom is 0.307 e. The highest BCUT2D eigenvalue weighted by Crippen LogP contribution is 2.21. The van der Waals surface area contributed by atoms with Gasteiger partial charge in [0, 0.05) is 18.8 Å². The van der Waals surface area contributed by atoms with Crippen LogP contribution in [0.25, 0.3) is 0 Å². The number of carboxylic acids is 1. The van der Waals surface area contributed by atoms with Crippen molar-refractivity contribution in [2.75, 3.05) is 29.5 Å². The maximum absolute atomic E-state index is 11.4. The minimum Gasteiger partial charge on any atom is -0.481 e. The molecule has 0 aromatic heterocycles. The molecule has 1 aromatic carbocycles. The summed E-state index contributed by atoms with van der Waals surface area (Å²) in [5.41, 5.74) is 2.62. The number of hydrogen-bond donors (Lipinski definition) is 1. The molecule has 2 rings (SSSR count). The number of anilines is 1. The smallest absolute Gasteiger partial charge is 0.307 e. The van der Waals surface area contributed by atoms with E-state index in [4.69, 9.17) is 5.11 Å². The van der Waals surface area contributed by atoms with Crippen LogP contribution in [0, 0.1) is 6.92 Å². The van der Waals surface area contributed by atoms with Gasteiger partial charge in [-0.05, 0) is 30.2 Å². The lowest BCUT2D eigenvalue weighted by molar-refractivity contribution is -0.136. The van der Waals surface area contributed by atoms with E-state index in [0.717, 1.165) is 16.8 Å². The van der Waals surface area contributed by atoms with Crippen molar-refractivity contribution in [2.24, 2.45) is 0 Å². The van der Waals surface area contributed by atoms with Crippen molar-refractivity contribution in [3.8, 4) is 0 Å². The molecule has 6 heteroatoms. The predicted molar refractivity (Wildman–Crippen MR) is 73.4 cm³/mol. The summed E-state index contributed by atoms with van der Waals surface area (Å²) >= 11 is 0. The predicted octanol–water partition coefficient (Wildman–Crippen LogP) is 0.857. The van der Waals surface area contributed by atoms with Gasteiger partial charge < -0.3 is 10.0 Å². The first-order valence-electron chi connectivity index (χ1n) is 6.14. The number of rotatable bonds is 3. The van der Waals surface area contributed by atoms with Gasteiger partial charge in [0.15, 0.2) is 9.84 Å². The van der Waals surface area contributed by atoms with Crippen LogP contribution < -0.4 is 4.90 Å². The molecule has 0 unspecified atom stereocenters. The molecule has 0 radical (unpaired) electrons. The SMILES string of the molecule is Cc1ccc(N2CCS(=O)(=O)CC2)cc1CC(=O)O. The van der Waals surface area contributed by atoms with Gasteiger partial charge in [-0.2, -0.15) is 0 Å². The Morgan fingerprint density at radius 2 is 1.95 bits per heavy atom. The molecule has 0 atom stereocenters. The standard InChI is InChI=1S/C13H17NO4S/c1-10-2-3-12(8-11(10)9-13(15)16)14-4-6-19(17,18)7-5-14/h2-3,8H,4-7,9H2,1H3,(H,15,16). The summed E-state index contributed by atoms with van der Waals surface area (Å²) in [5, 5.41) is 8.87. The molecular weight excluding hydrogens is 266 g/mol. The van der Waals surface area contributed by atoms with Gasteiger partial charge >= 0.3 is 5.97 Å². The molecule has 0 spiro atoms. The second-order valence-electron chi connectivity index (χ2n) is 4.82. The Morgan fingerprint density at radius 1 is 1.32 bits per heavy atom. The average molecular weight is 283 g/mol. The Balaban J connectivity index is 2.19. The van der Waals surface area contributed by atoms with Gasteiger partial charge in [0.1, 0.15) is 0 Å². The fourth-order valence-corrected chi connectivity index (χ4v) is 3.38. The number of carboxylic acid groups (broad SMARTS) is 1. The zero-order valence-electron chi connectivity index (χ0n) is 10.8. The van der Waals surface area contributed by atoms with E-state index < -0.39 is 15.8 Å². The van der Waals surface area contributed by atoms with Crippen LogP contribution in [0.2, 0.25) is 0 Å². The molecule has 1 N–H and O–H groups in total. The lowest BCUT2D eigenvalue weighted by Crippen LogP contribution is -2.40. The number of aryl methyl sites for hydroxylation is 1. The van der Waals surface area contributed by atoms with Crippen molar-refractivity contribution in [3.05, 3.63) is 29.3 Å². The lowest BCUT2D eigenvalue weighted by atomic mass is 10.0. The van der Waals surface area contributed by atoms with Gasteiger partial charge in [-0.15, -0.1) is 0 Å². The molecule has 1 aromatic rings. The zero-order valence-corrected chi connectivity index (χ0v) is 11.6. The third-order valence-corrected chi connectivity index (χ3v) is 4.99. The summed E-state index contributed by atoms with van der Waals surface area (Å²) < 4.78 is 22.8. The quantitative estimate of drug-likeness (QED) is 0.890. The molecule has 0 amide bonds. The molecule has 1 aliphatic heterocycles. The minimum absolute atomic E-state index is 0.00812. The summed E-state index contributed by atoms with van der Waals surface area (Å²) in [6, 6.07) is 5.65. The monoisotopic (exact) mass is 283 g/mol. The van der Waals surface area contributed by atoms with Crippen LogP contribution in [0.15, 0.2) is 18.2 Å². The van der Waals surface area contributed by atoms with Crippen LogP contribution in [0.5, 0.6) is 0 Å². The average Bonchev–Trinajstić information content (AvgIpc) is 2.32. The first kappa shape index (κ1) is 13.9. The van der Waals surface area contributed by atoms with Crippen molar-refractivity contribution in [2.45, 2.75) is 13.3 Å². The van der Waals surface area contributed by atoms with Gasteiger partial charge in [-0.1, -0.05) is 6.07 Å². The van der Waals surface area contributed by atoms with Crippen molar-refractivity contribution in [1.82, 2.24) is 0 Å². The fourth-order valence-electron chi connectivity index (χ4n) is 2.18. The molecule has 1 saturated heterocycles. The Morgan fingerprint density at radius 3 is 2.53 bits per heavy atom. The maximum atomic E-state index is 11.4. The number of carbonyl (C=O) groups is 1. The van der Waals surface area contributed by atoms with Gasteiger partial charge in [-0.3, -0.25) is 4.79 Å². The topological polar surface area (TPSA) is 74.7 Å². The van der Waals surface area contributed by atoms with Gasteiger partial charge in [-0.25, -0.2) is 8.42 Å². The van der Waals surface area contributed by atoms with Crippen LogP contribution >= 0.6 is 0 Å². The van der Waals surface area contributed by atoms with E-state index >= 15 is 0 Å². The van der Waals surface area contributed by atoms with E-state index in [9.17, 15) is 13.2 Å². The number of nitrogens with zero attached hydrogens (tertiary/aromatic N) is 1.